The Labute approximate surface area is 103 Å². The van der Waals surface area contributed by atoms with Crippen LogP contribution in [0.25, 0.3) is 0 Å². The highest BCUT2D eigenvalue weighted by Gasteiger charge is 2.22. The van der Waals surface area contributed by atoms with Gasteiger partial charge in [0.15, 0.2) is 11.5 Å². The minimum atomic E-state index is -0.620. The molecule has 90 valence electrons. The molecule has 5 heteroatoms. The number of ether oxygens (including phenoxy) is 1. The van der Waals surface area contributed by atoms with Crippen LogP contribution in [0, 0.1) is 13.8 Å². The summed E-state index contributed by atoms with van der Waals surface area (Å²) in [7, 11) is 1.48. The van der Waals surface area contributed by atoms with E-state index in [2.05, 4.69) is 15.9 Å². The van der Waals surface area contributed by atoms with Gasteiger partial charge in [0.05, 0.1) is 19.8 Å². The third kappa shape index (κ3) is 2.03. The second-order valence-electron chi connectivity index (χ2n) is 3.65. The second-order valence-corrected chi connectivity index (χ2v) is 4.44. The van der Waals surface area contributed by atoms with E-state index in [1.165, 1.54) is 7.11 Å². The predicted molar refractivity (Wildman–Crippen MR) is 65.8 cm³/mol. The van der Waals surface area contributed by atoms with Crippen molar-refractivity contribution >= 4 is 15.9 Å². The molecular weight excluding hydrogens is 274 g/mol. The van der Waals surface area contributed by atoms with E-state index in [-0.39, 0.29) is 12.4 Å². The van der Waals surface area contributed by atoms with Gasteiger partial charge in [-0.3, -0.25) is 0 Å². The van der Waals surface area contributed by atoms with E-state index >= 15 is 0 Å². The number of aliphatic hydroxyl groups is 1. The number of aliphatic hydroxyl groups excluding tert-OH is 1. The minimum absolute atomic E-state index is 0.00208. The van der Waals surface area contributed by atoms with Crippen LogP contribution in [-0.4, -0.2) is 23.9 Å². The molecule has 1 aromatic rings. The molecule has 0 fully saturated rings. The molecule has 0 aromatic heterocycles. The molecule has 0 spiro atoms. The van der Waals surface area contributed by atoms with Crippen molar-refractivity contribution in [2.45, 2.75) is 19.9 Å². The summed E-state index contributed by atoms with van der Waals surface area (Å²) in [6.45, 7) is 3.44. The van der Waals surface area contributed by atoms with Gasteiger partial charge in [0.1, 0.15) is 0 Å². The number of phenolic OH excluding ortho intramolecular Hbond substituents is 1. The highest BCUT2D eigenvalue weighted by molar-refractivity contribution is 9.10. The van der Waals surface area contributed by atoms with E-state index in [1.54, 1.807) is 0 Å². The highest BCUT2D eigenvalue weighted by atomic mass is 79.9. The minimum Gasteiger partial charge on any atom is -0.504 e. The summed E-state index contributed by atoms with van der Waals surface area (Å²) in [4.78, 5) is 0. The number of hydrogen-bond donors (Lipinski definition) is 3. The van der Waals surface area contributed by atoms with Crippen LogP contribution in [-0.2, 0) is 0 Å². The molecule has 1 unspecified atom stereocenters. The molecule has 0 aliphatic rings. The lowest BCUT2D eigenvalue weighted by Gasteiger charge is -2.20. The second kappa shape index (κ2) is 5.03. The predicted octanol–water partition coefficient (Wildman–Crippen LogP) is 1.77. The van der Waals surface area contributed by atoms with Crippen molar-refractivity contribution in [2.24, 2.45) is 5.73 Å². The average molecular weight is 290 g/mol. The maximum absolute atomic E-state index is 10.0. The van der Waals surface area contributed by atoms with Crippen molar-refractivity contribution in [2.75, 3.05) is 13.7 Å². The van der Waals surface area contributed by atoms with Crippen molar-refractivity contribution in [1.29, 1.82) is 0 Å². The molecule has 1 rings (SSSR count). The van der Waals surface area contributed by atoms with Gasteiger partial charge in [-0.25, -0.2) is 0 Å². The summed E-state index contributed by atoms with van der Waals surface area (Å²) >= 11 is 3.42. The lowest BCUT2D eigenvalue weighted by Crippen LogP contribution is -2.17. The summed E-state index contributed by atoms with van der Waals surface area (Å²) in [5, 5.41) is 19.1. The number of nitrogens with two attached hydrogens (primary N) is 1. The molecule has 1 aromatic carbocycles. The molecule has 0 saturated carbocycles. The van der Waals surface area contributed by atoms with Gasteiger partial charge in [0, 0.05) is 15.6 Å². The van der Waals surface area contributed by atoms with Gasteiger partial charge in [-0.2, -0.15) is 0 Å². The van der Waals surface area contributed by atoms with E-state index < -0.39 is 6.04 Å². The monoisotopic (exact) mass is 289 g/mol. The third-order valence-corrected chi connectivity index (χ3v) is 3.83. The zero-order chi connectivity index (χ0) is 12.5. The standard InChI is InChI=1S/C11H16BrNO3/c1-5-8(7(13)4-14)10(15)11(16-3)6(2)9(5)12/h7,14-15H,4,13H2,1-3H3. The van der Waals surface area contributed by atoms with Gasteiger partial charge < -0.3 is 20.7 Å². The SMILES string of the molecule is COc1c(C)c(Br)c(C)c(C(N)CO)c1O. The summed E-state index contributed by atoms with van der Waals surface area (Å²) < 4.78 is 5.96. The van der Waals surface area contributed by atoms with Crippen LogP contribution in [0.2, 0.25) is 0 Å². The molecule has 0 heterocycles. The molecule has 0 radical (unpaired) electrons. The number of rotatable bonds is 3. The molecule has 0 saturated heterocycles. The Balaban J connectivity index is 3.55. The van der Waals surface area contributed by atoms with Crippen LogP contribution < -0.4 is 10.5 Å². The van der Waals surface area contributed by atoms with Gasteiger partial charge in [0.2, 0.25) is 0 Å². The fourth-order valence-corrected chi connectivity index (χ4v) is 2.17. The van der Waals surface area contributed by atoms with Crippen LogP contribution in [0.4, 0.5) is 0 Å². The summed E-state index contributed by atoms with van der Waals surface area (Å²) in [5.74, 6) is 0.388. The molecule has 0 amide bonds. The zero-order valence-electron chi connectivity index (χ0n) is 9.54. The summed E-state index contributed by atoms with van der Waals surface area (Å²) in [6, 6.07) is -0.620. The third-order valence-electron chi connectivity index (χ3n) is 2.64. The Kier molecular flexibility index (Phi) is 4.18. The van der Waals surface area contributed by atoms with Gasteiger partial charge in [-0.05, 0) is 19.4 Å². The Morgan fingerprint density at radius 2 is 1.94 bits per heavy atom. The topological polar surface area (TPSA) is 75.7 Å². The van der Waals surface area contributed by atoms with E-state index in [9.17, 15) is 5.11 Å². The molecule has 0 bridgehead atoms. The van der Waals surface area contributed by atoms with Crippen LogP contribution in [0.5, 0.6) is 11.5 Å². The van der Waals surface area contributed by atoms with Crippen molar-refractivity contribution in [3.05, 3.63) is 21.2 Å². The fraction of sp³-hybridized carbons (Fsp3) is 0.455. The Hall–Kier alpha value is -0.780. The van der Waals surface area contributed by atoms with Gasteiger partial charge in [-0.1, -0.05) is 15.9 Å². The lowest BCUT2D eigenvalue weighted by atomic mass is 9.98. The molecule has 0 aliphatic heterocycles. The van der Waals surface area contributed by atoms with Crippen molar-refractivity contribution in [3.8, 4) is 11.5 Å². The maximum Gasteiger partial charge on any atom is 0.164 e. The first-order valence-corrected chi connectivity index (χ1v) is 5.66. The Bertz CT molecular complexity index is 407. The number of halogens is 1. The highest BCUT2D eigenvalue weighted by Crippen LogP contribution is 2.43. The Morgan fingerprint density at radius 3 is 2.38 bits per heavy atom. The number of aromatic hydroxyl groups is 1. The van der Waals surface area contributed by atoms with E-state index in [0.717, 1.165) is 15.6 Å². The van der Waals surface area contributed by atoms with Crippen LogP contribution >= 0.6 is 15.9 Å². The maximum atomic E-state index is 10.0. The quantitative estimate of drug-likeness (QED) is 0.793. The van der Waals surface area contributed by atoms with E-state index in [4.69, 9.17) is 15.6 Å². The molecule has 0 aliphatic carbocycles. The number of phenols is 1. The first-order chi connectivity index (χ1) is 7.45. The van der Waals surface area contributed by atoms with Gasteiger partial charge in [0.25, 0.3) is 0 Å². The first kappa shape index (κ1) is 13.3. The van der Waals surface area contributed by atoms with Crippen molar-refractivity contribution < 1.29 is 14.9 Å². The number of benzene rings is 1. The average Bonchev–Trinajstić information content (AvgIpc) is 2.27. The first-order valence-electron chi connectivity index (χ1n) is 4.87. The number of hydrogen-bond acceptors (Lipinski definition) is 4. The van der Waals surface area contributed by atoms with Crippen LogP contribution in [0.1, 0.15) is 22.7 Å². The zero-order valence-corrected chi connectivity index (χ0v) is 11.1. The molecule has 16 heavy (non-hydrogen) atoms. The largest absolute Gasteiger partial charge is 0.504 e. The lowest BCUT2D eigenvalue weighted by molar-refractivity contribution is 0.263. The van der Waals surface area contributed by atoms with Gasteiger partial charge in [-0.15, -0.1) is 0 Å². The smallest absolute Gasteiger partial charge is 0.164 e. The molecule has 1 atom stereocenters. The number of methoxy groups -OCH3 is 1. The Morgan fingerprint density at radius 1 is 1.38 bits per heavy atom. The molecular formula is C11H16BrNO3. The van der Waals surface area contributed by atoms with Crippen molar-refractivity contribution in [1.82, 2.24) is 0 Å². The van der Waals surface area contributed by atoms with E-state index in [1.807, 2.05) is 13.8 Å². The van der Waals surface area contributed by atoms with E-state index in [0.29, 0.717) is 11.3 Å². The fourth-order valence-electron chi connectivity index (χ4n) is 1.77. The van der Waals surface area contributed by atoms with Crippen molar-refractivity contribution in [3.63, 3.8) is 0 Å². The normalized spacial score (nSPS) is 12.6. The molecule has 4 nitrogen and oxygen atoms in total. The van der Waals surface area contributed by atoms with Crippen LogP contribution in [0.15, 0.2) is 4.47 Å². The van der Waals surface area contributed by atoms with Gasteiger partial charge >= 0.3 is 0 Å². The summed E-state index contributed by atoms with van der Waals surface area (Å²) in [5.41, 5.74) is 7.89. The van der Waals surface area contributed by atoms with Crippen LogP contribution in [0.3, 0.4) is 0 Å². The summed E-state index contributed by atoms with van der Waals surface area (Å²) in [6.07, 6.45) is 0. The molecule has 4 N–H and O–H groups in total.